The van der Waals surface area contributed by atoms with Gasteiger partial charge in [-0.05, 0) is 24.6 Å². The van der Waals surface area contributed by atoms with E-state index in [1.54, 1.807) is 0 Å². The zero-order chi connectivity index (χ0) is 22.3. The van der Waals surface area contributed by atoms with Crippen molar-refractivity contribution in [2.45, 2.75) is 43.7 Å². The van der Waals surface area contributed by atoms with E-state index in [9.17, 15) is 15.3 Å². The molecule has 8 rings (SSSR count). The highest BCUT2D eigenvalue weighted by Crippen LogP contribution is 2.57. The first kappa shape index (κ1) is 18.5. The number of nitrogens with zero attached hydrogens (tertiary/aromatic N) is 2. The molecule has 7 heteroatoms. The number of aromatic nitrogens is 2. The summed E-state index contributed by atoms with van der Waals surface area (Å²) in [5.74, 6) is 0. The van der Waals surface area contributed by atoms with E-state index in [-0.39, 0.29) is 6.42 Å². The monoisotopic (exact) mass is 441 g/mol. The number of fused-ring (bicyclic) bond motifs is 13. The summed E-state index contributed by atoms with van der Waals surface area (Å²) in [4.78, 5) is 0. The van der Waals surface area contributed by atoms with Gasteiger partial charge in [0.1, 0.15) is 18.1 Å². The average Bonchev–Trinajstić information content (AvgIpc) is 3.51. The Bertz CT molecular complexity index is 1680. The second-order valence-corrected chi connectivity index (χ2v) is 9.81. The smallest absolute Gasteiger partial charge is 0.176 e. The molecule has 1 unspecified atom stereocenters. The molecule has 33 heavy (non-hydrogen) atoms. The second-order valence-electron chi connectivity index (χ2n) is 9.81. The van der Waals surface area contributed by atoms with E-state index in [2.05, 4.69) is 32.7 Å². The summed E-state index contributed by atoms with van der Waals surface area (Å²) in [6.45, 7) is 2.04. The van der Waals surface area contributed by atoms with Crippen molar-refractivity contribution in [1.29, 1.82) is 0 Å². The molecular weight excluding hydrogens is 418 g/mol. The Morgan fingerprint density at radius 2 is 1.73 bits per heavy atom. The van der Waals surface area contributed by atoms with Crippen molar-refractivity contribution < 1.29 is 20.1 Å². The van der Waals surface area contributed by atoms with Gasteiger partial charge in [-0.25, -0.2) is 0 Å². The van der Waals surface area contributed by atoms with Crippen LogP contribution in [0, 0.1) is 0 Å². The molecule has 3 aliphatic rings. The van der Waals surface area contributed by atoms with Gasteiger partial charge in [0.05, 0.1) is 28.7 Å². The predicted octanol–water partition coefficient (Wildman–Crippen LogP) is 3.33. The first-order valence-electron chi connectivity index (χ1n) is 11.4. The van der Waals surface area contributed by atoms with Gasteiger partial charge in [-0.2, -0.15) is 0 Å². The van der Waals surface area contributed by atoms with Crippen LogP contribution in [0.4, 0.5) is 0 Å². The van der Waals surface area contributed by atoms with Gasteiger partial charge in [-0.1, -0.05) is 36.4 Å². The zero-order valence-electron chi connectivity index (χ0n) is 18.0. The molecule has 7 nitrogen and oxygen atoms in total. The molecule has 0 aliphatic carbocycles. The molecule has 2 aromatic heterocycles. The topological polar surface area (TPSA) is 91.8 Å². The fourth-order valence-corrected chi connectivity index (χ4v) is 6.86. The van der Waals surface area contributed by atoms with Gasteiger partial charge < -0.3 is 29.2 Å². The number of hydrogen-bond acceptors (Lipinski definition) is 5. The number of ether oxygens (including phenoxy) is 1. The summed E-state index contributed by atoms with van der Waals surface area (Å²) in [5.41, 5.74) is 3.31. The van der Waals surface area contributed by atoms with Crippen molar-refractivity contribution in [2.75, 3.05) is 6.61 Å². The van der Waals surface area contributed by atoms with E-state index >= 15 is 0 Å². The van der Waals surface area contributed by atoms with Gasteiger partial charge in [0.25, 0.3) is 0 Å². The molecule has 166 valence electrons. The van der Waals surface area contributed by atoms with Crippen LogP contribution < -0.4 is 5.32 Å². The van der Waals surface area contributed by atoms with E-state index in [0.29, 0.717) is 6.54 Å². The van der Waals surface area contributed by atoms with E-state index in [1.165, 1.54) is 0 Å². The molecule has 4 N–H and O–H groups in total. The fraction of sp³-hybridized carbons (Fsp3) is 0.308. The molecular formula is C26H23N3O4. The molecule has 0 amide bonds. The molecule has 1 saturated heterocycles. The molecule has 3 aliphatic heterocycles. The van der Waals surface area contributed by atoms with Gasteiger partial charge >= 0.3 is 0 Å². The molecule has 0 radical (unpaired) electrons. The van der Waals surface area contributed by atoms with Crippen molar-refractivity contribution in [3.63, 3.8) is 0 Å². The maximum absolute atomic E-state index is 11.7. The molecule has 4 atom stereocenters. The number of rotatable bonds is 1. The predicted molar refractivity (Wildman–Crippen MR) is 125 cm³/mol. The average molecular weight is 441 g/mol. The lowest BCUT2D eigenvalue weighted by Crippen LogP contribution is -2.53. The third-order valence-electron chi connectivity index (χ3n) is 8.37. The van der Waals surface area contributed by atoms with Crippen LogP contribution in [-0.2, 0) is 17.0 Å². The highest BCUT2D eigenvalue weighted by atomic mass is 16.6. The normalized spacial score (nSPS) is 30.3. The quantitative estimate of drug-likeness (QED) is 0.320. The van der Waals surface area contributed by atoms with Crippen LogP contribution in [0.2, 0.25) is 0 Å². The number of nitrogens with one attached hydrogen (secondary N) is 1. The minimum Gasteiger partial charge on any atom is -0.393 e. The minimum absolute atomic E-state index is 0.263. The fourth-order valence-electron chi connectivity index (χ4n) is 6.86. The Morgan fingerprint density at radius 1 is 1.03 bits per heavy atom. The molecule has 5 heterocycles. The summed E-state index contributed by atoms with van der Waals surface area (Å²) in [6.07, 6.45) is -0.947. The number of aliphatic hydroxyl groups is 3. The summed E-state index contributed by atoms with van der Waals surface area (Å²) < 4.78 is 11.0. The van der Waals surface area contributed by atoms with Crippen molar-refractivity contribution in [3.8, 4) is 0 Å². The van der Waals surface area contributed by atoms with Gasteiger partial charge in [-0.15, -0.1) is 0 Å². The van der Waals surface area contributed by atoms with Crippen molar-refractivity contribution in [2.24, 2.45) is 0 Å². The van der Waals surface area contributed by atoms with Crippen LogP contribution in [0.25, 0.3) is 43.6 Å². The van der Waals surface area contributed by atoms with Gasteiger partial charge in [0.2, 0.25) is 0 Å². The summed E-state index contributed by atoms with van der Waals surface area (Å²) >= 11 is 0. The Morgan fingerprint density at radius 3 is 2.48 bits per heavy atom. The molecule has 0 spiro atoms. The van der Waals surface area contributed by atoms with Crippen LogP contribution in [0.15, 0.2) is 48.5 Å². The Kier molecular flexibility index (Phi) is 3.12. The molecule has 3 aromatic carbocycles. The highest BCUT2D eigenvalue weighted by molar-refractivity contribution is 6.25. The van der Waals surface area contributed by atoms with E-state index < -0.39 is 30.4 Å². The van der Waals surface area contributed by atoms with Crippen LogP contribution in [0.1, 0.15) is 36.9 Å². The molecule has 1 fully saturated rings. The van der Waals surface area contributed by atoms with Crippen LogP contribution in [0.5, 0.6) is 0 Å². The summed E-state index contributed by atoms with van der Waals surface area (Å²) in [5, 5.41) is 40.6. The van der Waals surface area contributed by atoms with Gasteiger partial charge in [-0.3, -0.25) is 5.32 Å². The minimum atomic E-state index is -1.46. The highest BCUT2D eigenvalue weighted by Gasteiger charge is 2.60. The first-order valence-corrected chi connectivity index (χ1v) is 11.4. The Balaban J connectivity index is 1.76. The number of aliphatic hydroxyl groups excluding tert-OH is 2. The SMILES string of the molecule is C[C@]12O[C@@H](C[C@]1(O)CO)n1c3ccccc3c3c4c(c5c6ccccc6n2c5c31)CNC4O. The lowest BCUT2D eigenvalue weighted by Gasteiger charge is -2.38. The third-order valence-corrected chi connectivity index (χ3v) is 8.37. The summed E-state index contributed by atoms with van der Waals surface area (Å²) in [6, 6.07) is 16.3. The lowest BCUT2D eigenvalue weighted by molar-refractivity contribution is -0.189. The van der Waals surface area contributed by atoms with E-state index in [0.717, 1.165) is 54.7 Å². The maximum Gasteiger partial charge on any atom is 0.176 e. The molecule has 0 saturated carbocycles. The van der Waals surface area contributed by atoms with Crippen LogP contribution in [0.3, 0.4) is 0 Å². The van der Waals surface area contributed by atoms with Crippen molar-refractivity contribution >= 4 is 43.6 Å². The van der Waals surface area contributed by atoms with E-state index in [4.69, 9.17) is 4.74 Å². The van der Waals surface area contributed by atoms with E-state index in [1.807, 2.05) is 37.3 Å². The van der Waals surface area contributed by atoms with Crippen LogP contribution in [-0.4, -0.2) is 36.7 Å². The molecule has 5 aromatic rings. The molecule has 2 bridgehead atoms. The number of para-hydroxylation sites is 2. The van der Waals surface area contributed by atoms with Crippen molar-refractivity contribution in [1.82, 2.24) is 14.5 Å². The largest absolute Gasteiger partial charge is 0.393 e. The van der Waals surface area contributed by atoms with Gasteiger partial charge in [0, 0.05) is 40.1 Å². The zero-order valence-corrected chi connectivity index (χ0v) is 18.0. The van der Waals surface area contributed by atoms with Crippen molar-refractivity contribution in [3.05, 3.63) is 59.7 Å². The Hall–Kier alpha value is -2.94. The number of benzene rings is 3. The Labute approximate surface area is 188 Å². The number of hydrogen-bond donors (Lipinski definition) is 4. The lowest BCUT2D eigenvalue weighted by atomic mass is 9.89. The first-order chi connectivity index (χ1) is 16.0. The second kappa shape index (κ2) is 5.58. The van der Waals surface area contributed by atoms with Gasteiger partial charge in [0.15, 0.2) is 5.72 Å². The summed E-state index contributed by atoms with van der Waals surface area (Å²) in [7, 11) is 0. The van der Waals surface area contributed by atoms with Crippen LogP contribution >= 0.6 is 0 Å². The maximum atomic E-state index is 11.7. The standard InChI is InChI=1S/C26H23N3O4/c1-25-26(32,12-30)10-18(33-25)28-16-8-4-2-6-13(16)20-21-15(11-27-24(21)31)19-14-7-3-5-9-17(14)29(25)23(19)22(20)28/h2-9,18,24,27,30-32H,10-12H2,1H3/t18-,24?,25-,26-/m0/s1. The third kappa shape index (κ3) is 1.82.